The highest BCUT2D eigenvalue weighted by atomic mass is 16.6. The highest BCUT2D eigenvalue weighted by Crippen LogP contribution is 2.48. The summed E-state index contributed by atoms with van der Waals surface area (Å²) in [7, 11) is 0. The summed E-state index contributed by atoms with van der Waals surface area (Å²) in [5.74, 6) is -0.536. The molecule has 1 aromatic rings. The number of alkyl carbamates (subject to hydrolysis) is 1. The van der Waals surface area contributed by atoms with Gasteiger partial charge in [-0.05, 0) is 70.6 Å². The number of carbonyl (C=O) groups excluding carboxylic acids is 4. The fraction of sp³-hybridized carbons (Fsp3) is 0.607. The molecule has 0 radical (unpaired) electrons. The summed E-state index contributed by atoms with van der Waals surface area (Å²) in [6, 6.07) is 7.07. The number of benzene rings is 1. The van der Waals surface area contributed by atoms with Gasteiger partial charge in [0.15, 0.2) is 0 Å². The van der Waals surface area contributed by atoms with E-state index in [-0.39, 0.29) is 36.5 Å². The van der Waals surface area contributed by atoms with E-state index in [1.54, 1.807) is 43.9 Å². The monoisotopic (exact) mass is 536 g/mol. The number of piperazine rings is 1. The van der Waals surface area contributed by atoms with Crippen molar-refractivity contribution in [1.82, 2.24) is 20.0 Å². The average Bonchev–Trinajstić information content (AvgIpc) is 3.18. The van der Waals surface area contributed by atoms with Crippen LogP contribution in [0.5, 0.6) is 0 Å². The lowest BCUT2D eigenvalue weighted by molar-refractivity contribution is -0.141. The highest BCUT2D eigenvalue weighted by Gasteiger charge is 2.56. The predicted molar refractivity (Wildman–Crippen MR) is 140 cm³/mol. The van der Waals surface area contributed by atoms with Crippen molar-refractivity contribution in [3.05, 3.63) is 35.4 Å². The largest absolute Gasteiger partial charge is 0.444 e. The molecule has 3 N–H and O–H groups in total. The fourth-order valence-electron chi connectivity index (χ4n) is 6.45. The van der Waals surface area contributed by atoms with E-state index in [4.69, 9.17) is 10.5 Å². The molecular formula is C28H36N6O5. The molecule has 4 amide bonds. The lowest BCUT2D eigenvalue weighted by atomic mass is 10.0. The van der Waals surface area contributed by atoms with Crippen LogP contribution in [0.3, 0.4) is 0 Å². The van der Waals surface area contributed by atoms with E-state index in [0.717, 1.165) is 12.0 Å². The second-order valence-electron chi connectivity index (χ2n) is 12.2. The first-order valence-corrected chi connectivity index (χ1v) is 13.5. The predicted octanol–water partition coefficient (Wildman–Crippen LogP) is 1.54. The van der Waals surface area contributed by atoms with Crippen molar-refractivity contribution in [3.8, 4) is 6.07 Å². The number of nitrogens with zero attached hydrogens (tertiary/aromatic N) is 4. The van der Waals surface area contributed by atoms with Gasteiger partial charge in [0.05, 0.1) is 18.2 Å². The first-order valence-electron chi connectivity index (χ1n) is 13.5. The molecule has 3 saturated heterocycles. The van der Waals surface area contributed by atoms with Crippen LogP contribution in [0.4, 0.5) is 4.79 Å². The van der Waals surface area contributed by atoms with Crippen LogP contribution in [0.25, 0.3) is 0 Å². The summed E-state index contributed by atoms with van der Waals surface area (Å²) >= 11 is 0. The normalized spacial score (nSPS) is 29.0. The standard InChI is InChI=1S/C28H36N6O5/c1-15(16-6-5-7-17(8-16)24(30)35)33-20-11-23(26(33)37)32(13-20)14-21(31-27(38)39-28(2,3)4)25(36)34-19(12-29)9-18-10-22(18)34/h5-8,15,18-23H,9-11,13-14H2,1-4H3,(H2,30,35)(H,31,38)/t15-,18-,19+,20+,21+,22+,23+/m1/s1. The molecule has 1 aliphatic carbocycles. The third kappa shape index (κ3) is 5.17. The number of piperidine rings is 1. The van der Waals surface area contributed by atoms with Gasteiger partial charge in [0.2, 0.25) is 17.7 Å². The third-order valence-corrected chi connectivity index (χ3v) is 8.30. The number of nitriles is 1. The lowest BCUT2D eigenvalue weighted by Crippen LogP contribution is -2.59. The molecule has 7 atom stereocenters. The molecule has 208 valence electrons. The Kier molecular flexibility index (Phi) is 6.79. The molecule has 39 heavy (non-hydrogen) atoms. The number of primary amides is 1. The molecule has 3 aliphatic heterocycles. The SMILES string of the molecule is C[C@H](c1cccc(C(N)=O)c1)N1C(=O)[C@@H]2C[C@H]1CN2C[C@H](NC(=O)OC(C)(C)C)C(=O)N1[C@H](C#N)C[C@@H]2C[C@@H]21. The topological polar surface area (TPSA) is 149 Å². The minimum Gasteiger partial charge on any atom is -0.444 e. The first-order chi connectivity index (χ1) is 18.4. The number of nitrogens with one attached hydrogen (secondary N) is 1. The van der Waals surface area contributed by atoms with Gasteiger partial charge in [0.1, 0.15) is 17.7 Å². The maximum atomic E-state index is 13.7. The first kappa shape index (κ1) is 26.9. The number of hydrogen-bond acceptors (Lipinski definition) is 7. The van der Waals surface area contributed by atoms with E-state index < -0.39 is 35.7 Å². The van der Waals surface area contributed by atoms with Gasteiger partial charge < -0.3 is 25.6 Å². The van der Waals surface area contributed by atoms with Crippen LogP contribution in [0.15, 0.2) is 24.3 Å². The van der Waals surface area contributed by atoms with Crippen molar-refractivity contribution in [2.45, 2.75) is 88.8 Å². The molecule has 11 nitrogen and oxygen atoms in total. The summed E-state index contributed by atoms with van der Waals surface area (Å²) < 4.78 is 5.43. The third-order valence-electron chi connectivity index (χ3n) is 8.30. The zero-order valence-electron chi connectivity index (χ0n) is 22.8. The Balaban J connectivity index is 1.31. The van der Waals surface area contributed by atoms with E-state index in [9.17, 15) is 24.4 Å². The summed E-state index contributed by atoms with van der Waals surface area (Å²) in [4.78, 5) is 57.0. The van der Waals surface area contributed by atoms with Crippen LogP contribution in [-0.4, -0.2) is 87.4 Å². The van der Waals surface area contributed by atoms with Crippen molar-refractivity contribution in [3.63, 3.8) is 0 Å². The van der Waals surface area contributed by atoms with Crippen molar-refractivity contribution >= 4 is 23.8 Å². The molecule has 0 spiro atoms. The van der Waals surface area contributed by atoms with Crippen LogP contribution in [0, 0.1) is 17.2 Å². The second-order valence-corrected chi connectivity index (χ2v) is 12.2. The fourth-order valence-corrected chi connectivity index (χ4v) is 6.45. The van der Waals surface area contributed by atoms with Gasteiger partial charge in [-0.15, -0.1) is 0 Å². The molecule has 11 heteroatoms. The quantitative estimate of drug-likeness (QED) is 0.537. The molecule has 0 unspecified atom stereocenters. The Morgan fingerprint density at radius 1 is 1.23 bits per heavy atom. The molecule has 1 saturated carbocycles. The minimum absolute atomic E-state index is 0.0363. The average molecular weight is 537 g/mol. The highest BCUT2D eigenvalue weighted by molar-refractivity contribution is 5.93. The number of carbonyl (C=O) groups is 4. The van der Waals surface area contributed by atoms with Gasteiger partial charge in [0, 0.05) is 30.7 Å². The summed E-state index contributed by atoms with van der Waals surface area (Å²) in [6.45, 7) is 7.87. The zero-order chi connectivity index (χ0) is 28.2. The molecule has 4 aliphatic rings. The van der Waals surface area contributed by atoms with Crippen molar-refractivity contribution in [1.29, 1.82) is 5.26 Å². The summed E-state index contributed by atoms with van der Waals surface area (Å²) in [5.41, 5.74) is 5.92. The molecule has 4 fully saturated rings. The number of nitrogens with two attached hydrogens (primary N) is 1. The molecule has 2 bridgehead atoms. The van der Waals surface area contributed by atoms with Crippen molar-refractivity contribution < 1.29 is 23.9 Å². The Morgan fingerprint density at radius 3 is 2.62 bits per heavy atom. The van der Waals surface area contributed by atoms with Gasteiger partial charge in [-0.1, -0.05) is 12.1 Å². The Labute approximate surface area is 228 Å². The molecule has 1 aromatic carbocycles. The number of hydrogen-bond donors (Lipinski definition) is 2. The van der Waals surface area contributed by atoms with Gasteiger partial charge in [-0.2, -0.15) is 5.26 Å². The van der Waals surface area contributed by atoms with E-state index in [0.29, 0.717) is 30.9 Å². The molecular weight excluding hydrogens is 500 g/mol. The van der Waals surface area contributed by atoms with E-state index in [1.807, 2.05) is 22.8 Å². The maximum absolute atomic E-state index is 13.7. The molecule has 0 aromatic heterocycles. The van der Waals surface area contributed by atoms with E-state index >= 15 is 0 Å². The second kappa shape index (κ2) is 9.83. The van der Waals surface area contributed by atoms with E-state index in [1.165, 1.54) is 0 Å². The van der Waals surface area contributed by atoms with Crippen LogP contribution in [-0.2, 0) is 14.3 Å². The van der Waals surface area contributed by atoms with Crippen molar-refractivity contribution in [2.75, 3.05) is 13.1 Å². The number of rotatable bonds is 7. The van der Waals surface area contributed by atoms with E-state index in [2.05, 4.69) is 11.4 Å². The lowest BCUT2D eigenvalue weighted by Gasteiger charge is -2.39. The van der Waals surface area contributed by atoms with Gasteiger partial charge in [-0.3, -0.25) is 19.3 Å². The number of fused-ring (bicyclic) bond motifs is 3. The number of likely N-dealkylation sites (tertiary alicyclic amines) is 3. The van der Waals surface area contributed by atoms with Crippen molar-refractivity contribution in [2.24, 2.45) is 11.7 Å². The van der Waals surface area contributed by atoms with Crippen LogP contribution in [0.2, 0.25) is 0 Å². The van der Waals surface area contributed by atoms with Gasteiger partial charge in [-0.25, -0.2) is 4.79 Å². The summed E-state index contributed by atoms with van der Waals surface area (Å²) in [6.07, 6.45) is 1.44. The minimum atomic E-state index is -0.944. The van der Waals surface area contributed by atoms with Gasteiger partial charge in [0.25, 0.3) is 0 Å². The maximum Gasteiger partial charge on any atom is 0.408 e. The molecule has 5 rings (SSSR count). The number of amides is 4. The Bertz CT molecular complexity index is 1240. The van der Waals surface area contributed by atoms with Crippen LogP contribution in [0.1, 0.15) is 68.9 Å². The molecule has 3 heterocycles. The Hall–Kier alpha value is -3.65. The van der Waals surface area contributed by atoms with Gasteiger partial charge >= 0.3 is 6.09 Å². The number of ether oxygens (including phenoxy) is 1. The van der Waals surface area contributed by atoms with Crippen LogP contribution >= 0.6 is 0 Å². The smallest absolute Gasteiger partial charge is 0.408 e. The zero-order valence-corrected chi connectivity index (χ0v) is 22.8. The summed E-state index contributed by atoms with van der Waals surface area (Å²) in [5, 5.41) is 12.4. The Morgan fingerprint density at radius 2 is 1.97 bits per heavy atom. The van der Waals surface area contributed by atoms with Crippen LogP contribution < -0.4 is 11.1 Å².